The van der Waals surface area contributed by atoms with Crippen LogP contribution in [0.25, 0.3) is 22.5 Å². The SMILES string of the molecule is COc1ccc(-c2nn(Cc3ccccc3)c(-c3ccc(OC)c(OC)c3)c2C)cc1OC. The van der Waals surface area contributed by atoms with E-state index in [1.54, 1.807) is 28.4 Å². The van der Waals surface area contributed by atoms with Gasteiger partial charge >= 0.3 is 0 Å². The van der Waals surface area contributed by atoms with Crippen molar-refractivity contribution in [2.75, 3.05) is 28.4 Å². The maximum Gasteiger partial charge on any atom is 0.161 e. The molecule has 0 aliphatic carbocycles. The van der Waals surface area contributed by atoms with Gasteiger partial charge < -0.3 is 18.9 Å². The summed E-state index contributed by atoms with van der Waals surface area (Å²) in [5.41, 5.74) is 6.09. The van der Waals surface area contributed by atoms with Crippen LogP contribution in [-0.4, -0.2) is 38.2 Å². The molecule has 0 aliphatic heterocycles. The van der Waals surface area contributed by atoms with Gasteiger partial charge in [-0.3, -0.25) is 4.68 Å². The van der Waals surface area contributed by atoms with E-state index in [4.69, 9.17) is 24.0 Å². The molecule has 3 aromatic carbocycles. The van der Waals surface area contributed by atoms with Gasteiger partial charge in [0.25, 0.3) is 0 Å². The van der Waals surface area contributed by atoms with Crippen molar-refractivity contribution in [1.29, 1.82) is 0 Å². The van der Waals surface area contributed by atoms with E-state index in [1.807, 2.05) is 59.3 Å². The number of hydrogen-bond acceptors (Lipinski definition) is 5. The summed E-state index contributed by atoms with van der Waals surface area (Å²) in [6, 6.07) is 22.1. The number of methoxy groups -OCH3 is 4. The zero-order valence-corrected chi connectivity index (χ0v) is 19.6. The van der Waals surface area contributed by atoms with Crippen LogP contribution in [0.4, 0.5) is 0 Å². The van der Waals surface area contributed by atoms with E-state index in [0.717, 1.165) is 28.1 Å². The lowest BCUT2D eigenvalue weighted by Crippen LogP contribution is -2.04. The third kappa shape index (κ3) is 4.37. The monoisotopic (exact) mass is 444 g/mol. The molecule has 0 saturated heterocycles. The Balaban J connectivity index is 1.89. The largest absolute Gasteiger partial charge is 0.493 e. The first-order valence-corrected chi connectivity index (χ1v) is 10.7. The molecule has 0 atom stereocenters. The fourth-order valence-electron chi connectivity index (χ4n) is 4.03. The zero-order valence-electron chi connectivity index (χ0n) is 19.6. The van der Waals surface area contributed by atoms with Crippen LogP contribution in [0.1, 0.15) is 11.1 Å². The summed E-state index contributed by atoms with van der Waals surface area (Å²) in [6.07, 6.45) is 0. The number of rotatable bonds is 8. The van der Waals surface area contributed by atoms with Gasteiger partial charge in [0.2, 0.25) is 0 Å². The van der Waals surface area contributed by atoms with Crippen LogP contribution in [0.15, 0.2) is 66.7 Å². The van der Waals surface area contributed by atoms with Gasteiger partial charge in [-0.25, -0.2) is 0 Å². The smallest absolute Gasteiger partial charge is 0.161 e. The van der Waals surface area contributed by atoms with Crippen molar-refractivity contribution in [2.45, 2.75) is 13.5 Å². The molecule has 0 fully saturated rings. The average Bonchev–Trinajstić information content (AvgIpc) is 3.19. The molecule has 6 nitrogen and oxygen atoms in total. The Bertz CT molecular complexity index is 1250. The van der Waals surface area contributed by atoms with Crippen LogP contribution in [0.5, 0.6) is 23.0 Å². The predicted octanol–water partition coefficient (Wildman–Crippen LogP) is 5.61. The topological polar surface area (TPSA) is 54.7 Å². The maximum atomic E-state index is 5.56. The molecule has 0 amide bonds. The molecule has 6 heteroatoms. The van der Waals surface area contributed by atoms with E-state index in [0.29, 0.717) is 29.5 Å². The Morgan fingerprint density at radius 3 is 1.79 bits per heavy atom. The molecule has 1 heterocycles. The number of aromatic nitrogens is 2. The molecule has 0 spiro atoms. The minimum absolute atomic E-state index is 0.638. The average molecular weight is 445 g/mol. The van der Waals surface area contributed by atoms with Crippen molar-refractivity contribution in [3.05, 3.63) is 77.9 Å². The molecular formula is C27H28N2O4. The summed E-state index contributed by atoms with van der Waals surface area (Å²) < 4.78 is 24.0. The quantitative estimate of drug-likeness (QED) is 0.354. The zero-order chi connectivity index (χ0) is 23.4. The van der Waals surface area contributed by atoms with Crippen LogP contribution in [0.3, 0.4) is 0 Å². The third-order valence-corrected chi connectivity index (χ3v) is 5.68. The van der Waals surface area contributed by atoms with E-state index in [2.05, 4.69) is 19.1 Å². The van der Waals surface area contributed by atoms with Gasteiger partial charge in [-0.1, -0.05) is 30.3 Å². The molecule has 0 unspecified atom stereocenters. The molecule has 33 heavy (non-hydrogen) atoms. The highest BCUT2D eigenvalue weighted by atomic mass is 16.5. The lowest BCUT2D eigenvalue weighted by atomic mass is 10.0. The fraction of sp³-hybridized carbons (Fsp3) is 0.222. The highest BCUT2D eigenvalue weighted by molar-refractivity contribution is 5.76. The molecule has 170 valence electrons. The van der Waals surface area contributed by atoms with Crippen LogP contribution in [0.2, 0.25) is 0 Å². The van der Waals surface area contributed by atoms with Gasteiger partial charge in [0, 0.05) is 16.7 Å². The Kier molecular flexibility index (Phi) is 6.54. The van der Waals surface area contributed by atoms with E-state index >= 15 is 0 Å². The van der Waals surface area contributed by atoms with Crippen LogP contribution in [-0.2, 0) is 6.54 Å². The van der Waals surface area contributed by atoms with E-state index in [1.165, 1.54) is 5.56 Å². The van der Waals surface area contributed by atoms with E-state index in [-0.39, 0.29) is 0 Å². The fourth-order valence-corrected chi connectivity index (χ4v) is 4.03. The molecule has 0 aliphatic rings. The van der Waals surface area contributed by atoms with Crippen LogP contribution < -0.4 is 18.9 Å². The first-order chi connectivity index (χ1) is 16.1. The second-order valence-corrected chi connectivity index (χ2v) is 7.60. The highest BCUT2D eigenvalue weighted by Crippen LogP contribution is 2.39. The van der Waals surface area contributed by atoms with Crippen LogP contribution >= 0.6 is 0 Å². The van der Waals surface area contributed by atoms with Gasteiger partial charge in [-0.2, -0.15) is 5.10 Å². The lowest BCUT2D eigenvalue weighted by Gasteiger charge is -2.12. The van der Waals surface area contributed by atoms with Crippen molar-refractivity contribution in [3.8, 4) is 45.5 Å². The summed E-state index contributed by atoms with van der Waals surface area (Å²) >= 11 is 0. The van der Waals surface area contributed by atoms with Gasteiger partial charge in [0.15, 0.2) is 23.0 Å². The van der Waals surface area contributed by atoms with Gasteiger partial charge in [0.1, 0.15) is 0 Å². The van der Waals surface area contributed by atoms with Crippen molar-refractivity contribution in [3.63, 3.8) is 0 Å². The number of benzene rings is 3. The first kappa shape index (κ1) is 22.3. The van der Waals surface area contributed by atoms with Crippen molar-refractivity contribution >= 4 is 0 Å². The highest BCUT2D eigenvalue weighted by Gasteiger charge is 2.20. The number of ether oxygens (including phenoxy) is 4. The molecule has 4 aromatic rings. The van der Waals surface area contributed by atoms with E-state index < -0.39 is 0 Å². The van der Waals surface area contributed by atoms with Crippen LogP contribution in [0, 0.1) is 6.92 Å². The van der Waals surface area contributed by atoms with E-state index in [9.17, 15) is 0 Å². The summed E-state index contributed by atoms with van der Waals surface area (Å²) in [5, 5.41) is 5.03. The summed E-state index contributed by atoms with van der Waals surface area (Å²) in [5.74, 6) is 2.71. The Morgan fingerprint density at radius 1 is 0.667 bits per heavy atom. The van der Waals surface area contributed by atoms with Crippen molar-refractivity contribution < 1.29 is 18.9 Å². The second-order valence-electron chi connectivity index (χ2n) is 7.60. The molecule has 0 radical (unpaired) electrons. The van der Waals surface area contributed by atoms with Crippen molar-refractivity contribution in [1.82, 2.24) is 9.78 Å². The molecule has 0 bridgehead atoms. The Hall–Kier alpha value is -3.93. The minimum atomic E-state index is 0.638. The first-order valence-electron chi connectivity index (χ1n) is 10.7. The third-order valence-electron chi connectivity index (χ3n) is 5.68. The Labute approximate surface area is 194 Å². The van der Waals surface area contributed by atoms with Gasteiger partial charge in [0.05, 0.1) is 46.4 Å². The molecule has 1 aromatic heterocycles. The van der Waals surface area contributed by atoms with Gasteiger partial charge in [-0.15, -0.1) is 0 Å². The Morgan fingerprint density at radius 2 is 1.21 bits per heavy atom. The summed E-state index contributed by atoms with van der Waals surface area (Å²) in [7, 11) is 6.55. The number of nitrogens with zero attached hydrogens (tertiary/aromatic N) is 2. The second kappa shape index (κ2) is 9.69. The normalized spacial score (nSPS) is 10.7. The van der Waals surface area contributed by atoms with Gasteiger partial charge in [-0.05, 0) is 48.9 Å². The maximum absolute atomic E-state index is 5.56. The standard InChI is InChI=1S/C27H28N2O4/c1-18-26(20-11-13-22(30-2)24(15-20)32-4)28-29(17-19-9-7-6-8-10-19)27(18)21-12-14-23(31-3)25(16-21)33-5/h6-16H,17H2,1-5H3. The predicted molar refractivity (Wildman–Crippen MR) is 130 cm³/mol. The van der Waals surface area contributed by atoms with Crippen molar-refractivity contribution in [2.24, 2.45) is 0 Å². The molecule has 0 saturated carbocycles. The summed E-state index contributed by atoms with van der Waals surface area (Å²) in [4.78, 5) is 0. The molecule has 4 rings (SSSR count). The lowest BCUT2D eigenvalue weighted by molar-refractivity contribution is 0.355. The molecule has 0 N–H and O–H groups in total. The number of hydrogen-bond donors (Lipinski definition) is 0. The minimum Gasteiger partial charge on any atom is -0.493 e. The molecular weight excluding hydrogens is 416 g/mol. The summed E-state index contributed by atoms with van der Waals surface area (Å²) in [6.45, 7) is 2.73.